The highest BCUT2D eigenvalue weighted by Crippen LogP contribution is 2.13. The predicted octanol–water partition coefficient (Wildman–Crippen LogP) is 2.47. The summed E-state index contributed by atoms with van der Waals surface area (Å²) in [4.78, 5) is 23.4. The molecule has 2 aromatic rings. The van der Waals surface area contributed by atoms with Crippen molar-refractivity contribution in [2.45, 2.75) is 12.5 Å². The van der Waals surface area contributed by atoms with Gasteiger partial charge in [-0.05, 0) is 42.0 Å². The Hall–Kier alpha value is -2.53. The van der Waals surface area contributed by atoms with Crippen LogP contribution in [0.5, 0.6) is 5.75 Å². The molecule has 0 aromatic heterocycles. The van der Waals surface area contributed by atoms with Gasteiger partial charge in [0.1, 0.15) is 11.8 Å². The van der Waals surface area contributed by atoms with E-state index in [9.17, 15) is 19.8 Å². The lowest BCUT2D eigenvalue weighted by Gasteiger charge is -2.15. The van der Waals surface area contributed by atoms with Crippen LogP contribution in [0.25, 0.3) is 0 Å². The molecule has 0 spiro atoms. The summed E-state index contributed by atoms with van der Waals surface area (Å²) in [6, 6.07) is 11.3. The smallest absolute Gasteiger partial charge is 0.326 e. The number of carbonyl (C=O) groups is 2. The molecular weight excluding hydrogens is 306 g/mol. The normalized spacial score (nSPS) is 11.7. The van der Waals surface area contributed by atoms with E-state index < -0.39 is 17.9 Å². The van der Waals surface area contributed by atoms with Gasteiger partial charge >= 0.3 is 5.97 Å². The molecule has 114 valence electrons. The van der Waals surface area contributed by atoms with Gasteiger partial charge < -0.3 is 15.5 Å². The molecule has 1 atom stereocenters. The fraction of sp³-hybridized carbons (Fsp3) is 0.125. The molecule has 0 aliphatic rings. The predicted molar refractivity (Wildman–Crippen MR) is 82.2 cm³/mol. The van der Waals surface area contributed by atoms with Crippen molar-refractivity contribution < 1.29 is 19.8 Å². The van der Waals surface area contributed by atoms with Crippen LogP contribution in [0.15, 0.2) is 48.5 Å². The van der Waals surface area contributed by atoms with Crippen LogP contribution < -0.4 is 5.32 Å². The SMILES string of the molecule is O=C(NC(Cc1ccc(O)cc1)C(=O)O)c1ccc(Cl)cc1. The Kier molecular flexibility index (Phi) is 5.01. The summed E-state index contributed by atoms with van der Waals surface area (Å²) in [7, 11) is 0. The van der Waals surface area contributed by atoms with Crippen LogP contribution in [0.2, 0.25) is 5.02 Å². The molecule has 22 heavy (non-hydrogen) atoms. The monoisotopic (exact) mass is 319 g/mol. The highest BCUT2D eigenvalue weighted by Gasteiger charge is 2.21. The van der Waals surface area contributed by atoms with Gasteiger partial charge in [0, 0.05) is 17.0 Å². The number of amides is 1. The highest BCUT2D eigenvalue weighted by atomic mass is 35.5. The lowest BCUT2D eigenvalue weighted by Crippen LogP contribution is -2.42. The van der Waals surface area contributed by atoms with Crippen LogP contribution >= 0.6 is 11.6 Å². The number of aliphatic carboxylic acids is 1. The molecule has 1 amide bonds. The van der Waals surface area contributed by atoms with Crippen molar-refractivity contribution in [1.82, 2.24) is 5.32 Å². The van der Waals surface area contributed by atoms with E-state index in [1.54, 1.807) is 24.3 Å². The molecular formula is C16H14ClNO4. The standard InChI is InChI=1S/C16H14ClNO4/c17-12-5-3-11(4-6-12)15(20)18-14(16(21)22)9-10-1-7-13(19)8-2-10/h1-8,14,19H,9H2,(H,18,20)(H,21,22). The molecule has 3 N–H and O–H groups in total. The van der Waals surface area contributed by atoms with Gasteiger partial charge in [-0.2, -0.15) is 0 Å². The molecule has 2 rings (SSSR count). The summed E-state index contributed by atoms with van der Waals surface area (Å²) >= 11 is 5.75. The topological polar surface area (TPSA) is 86.6 Å². The van der Waals surface area contributed by atoms with Crippen LogP contribution in [0.4, 0.5) is 0 Å². The first-order chi connectivity index (χ1) is 10.5. The molecule has 0 fully saturated rings. The van der Waals surface area contributed by atoms with Crippen LogP contribution in [0.1, 0.15) is 15.9 Å². The number of phenolic OH excluding ortho intramolecular Hbond substituents is 1. The third-order valence-corrected chi connectivity index (χ3v) is 3.34. The lowest BCUT2D eigenvalue weighted by atomic mass is 10.1. The van der Waals surface area contributed by atoms with E-state index in [1.807, 2.05) is 0 Å². The van der Waals surface area contributed by atoms with E-state index in [4.69, 9.17) is 11.6 Å². The fourth-order valence-electron chi connectivity index (χ4n) is 1.91. The van der Waals surface area contributed by atoms with Crippen molar-refractivity contribution in [3.63, 3.8) is 0 Å². The number of benzene rings is 2. The molecule has 5 nitrogen and oxygen atoms in total. The van der Waals surface area contributed by atoms with Gasteiger partial charge in [0.2, 0.25) is 0 Å². The second-order valence-corrected chi connectivity index (χ2v) is 5.18. The van der Waals surface area contributed by atoms with Gasteiger partial charge in [-0.1, -0.05) is 23.7 Å². The minimum Gasteiger partial charge on any atom is -0.508 e. The lowest BCUT2D eigenvalue weighted by molar-refractivity contribution is -0.139. The molecule has 2 aromatic carbocycles. The van der Waals surface area contributed by atoms with Crippen LogP contribution in [-0.4, -0.2) is 28.1 Å². The molecule has 0 saturated carbocycles. The largest absolute Gasteiger partial charge is 0.508 e. The maximum atomic E-state index is 12.1. The summed E-state index contributed by atoms with van der Waals surface area (Å²) < 4.78 is 0. The number of halogens is 1. The summed E-state index contributed by atoms with van der Waals surface area (Å²) in [6.45, 7) is 0. The number of carbonyl (C=O) groups excluding carboxylic acids is 1. The summed E-state index contributed by atoms with van der Waals surface area (Å²) in [5, 5.41) is 21.4. The fourth-order valence-corrected chi connectivity index (χ4v) is 2.04. The Morgan fingerprint density at radius 3 is 2.18 bits per heavy atom. The third-order valence-electron chi connectivity index (χ3n) is 3.09. The molecule has 6 heteroatoms. The maximum Gasteiger partial charge on any atom is 0.326 e. The Labute approximate surface area is 132 Å². The van der Waals surface area contributed by atoms with Crippen molar-refractivity contribution >= 4 is 23.5 Å². The Bertz CT molecular complexity index is 668. The maximum absolute atomic E-state index is 12.1. The van der Waals surface area contributed by atoms with Gasteiger partial charge in [0.25, 0.3) is 5.91 Å². The van der Waals surface area contributed by atoms with Crippen molar-refractivity contribution in [1.29, 1.82) is 0 Å². The number of rotatable bonds is 5. The van der Waals surface area contributed by atoms with Gasteiger partial charge in [-0.25, -0.2) is 4.79 Å². The highest BCUT2D eigenvalue weighted by molar-refractivity contribution is 6.30. The number of phenols is 1. The average molecular weight is 320 g/mol. The van der Waals surface area contributed by atoms with Crippen molar-refractivity contribution in [3.05, 3.63) is 64.7 Å². The Morgan fingerprint density at radius 2 is 1.64 bits per heavy atom. The van der Waals surface area contributed by atoms with E-state index in [1.165, 1.54) is 24.3 Å². The van der Waals surface area contributed by atoms with Crippen LogP contribution in [0, 0.1) is 0 Å². The molecule has 0 heterocycles. The molecule has 0 bridgehead atoms. The van der Waals surface area contributed by atoms with Crippen molar-refractivity contribution in [2.24, 2.45) is 0 Å². The second kappa shape index (κ2) is 6.95. The molecule has 1 unspecified atom stereocenters. The van der Waals surface area contributed by atoms with E-state index in [-0.39, 0.29) is 12.2 Å². The first-order valence-corrected chi connectivity index (χ1v) is 6.90. The van der Waals surface area contributed by atoms with E-state index in [0.717, 1.165) is 0 Å². The van der Waals surface area contributed by atoms with Crippen LogP contribution in [0.3, 0.4) is 0 Å². The average Bonchev–Trinajstić information content (AvgIpc) is 2.49. The van der Waals surface area contributed by atoms with Gasteiger partial charge in [-0.3, -0.25) is 4.79 Å². The molecule has 0 aliphatic heterocycles. The molecule has 0 saturated heterocycles. The zero-order valence-electron chi connectivity index (χ0n) is 11.5. The Balaban J connectivity index is 2.08. The Morgan fingerprint density at radius 1 is 1.05 bits per heavy atom. The van der Waals surface area contributed by atoms with E-state index in [0.29, 0.717) is 16.1 Å². The number of carboxylic acid groups (broad SMARTS) is 1. The third kappa shape index (κ3) is 4.23. The number of hydrogen-bond acceptors (Lipinski definition) is 3. The van der Waals surface area contributed by atoms with E-state index >= 15 is 0 Å². The van der Waals surface area contributed by atoms with Crippen molar-refractivity contribution in [3.8, 4) is 5.75 Å². The minimum absolute atomic E-state index is 0.0980. The summed E-state index contributed by atoms with van der Waals surface area (Å²) in [6.07, 6.45) is 0.120. The number of aromatic hydroxyl groups is 1. The summed E-state index contributed by atoms with van der Waals surface area (Å²) in [5.41, 5.74) is 1.03. The molecule has 0 aliphatic carbocycles. The molecule has 0 radical (unpaired) electrons. The van der Waals surface area contributed by atoms with Gasteiger partial charge in [-0.15, -0.1) is 0 Å². The minimum atomic E-state index is -1.13. The number of hydrogen-bond donors (Lipinski definition) is 3. The van der Waals surface area contributed by atoms with Crippen LogP contribution in [-0.2, 0) is 11.2 Å². The van der Waals surface area contributed by atoms with Gasteiger partial charge in [0.15, 0.2) is 0 Å². The number of carboxylic acids is 1. The first kappa shape index (κ1) is 15.9. The quantitative estimate of drug-likeness (QED) is 0.790. The van der Waals surface area contributed by atoms with Gasteiger partial charge in [0.05, 0.1) is 0 Å². The second-order valence-electron chi connectivity index (χ2n) is 4.74. The first-order valence-electron chi connectivity index (χ1n) is 6.53. The van der Waals surface area contributed by atoms with E-state index in [2.05, 4.69) is 5.32 Å². The zero-order valence-corrected chi connectivity index (χ0v) is 12.2. The zero-order chi connectivity index (χ0) is 16.1. The number of nitrogens with one attached hydrogen (secondary N) is 1. The summed E-state index contributed by atoms with van der Waals surface area (Å²) in [5.74, 6) is -1.51. The van der Waals surface area contributed by atoms with Crippen molar-refractivity contribution in [2.75, 3.05) is 0 Å².